The number of likely N-dealkylation sites (tertiary alicyclic amines) is 1. The van der Waals surface area contributed by atoms with Gasteiger partial charge in [-0.1, -0.05) is 0 Å². The second-order valence-electron chi connectivity index (χ2n) is 8.79. The van der Waals surface area contributed by atoms with Crippen LogP contribution in [-0.4, -0.2) is 102 Å². The number of rotatable bonds is 4. The topological polar surface area (TPSA) is 80.6 Å². The Labute approximate surface area is 162 Å². The lowest BCUT2D eigenvalue weighted by molar-refractivity contribution is 0.0137. The molecule has 3 rings (SSSR count). The predicted octanol–water partition coefficient (Wildman–Crippen LogP) is 0.714. The van der Waals surface area contributed by atoms with Gasteiger partial charge in [0.25, 0.3) is 0 Å². The van der Waals surface area contributed by atoms with Crippen molar-refractivity contribution in [3.63, 3.8) is 0 Å². The lowest BCUT2D eigenvalue weighted by Crippen LogP contribution is -2.57. The highest BCUT2D eigenvalue weighted by Gasteiger charge is 2.36. The number of fused-ring (bicyclic) bond motifs is 1. The van der Waals surface area contributed by atoms with Gasteiger partial charge in [-0.25, -0.2) is 4.79 Å². The first-order valence-electron chi connectivity index (χ1n) is 10.2. The van der Waals surface area contributed by atoms with Crippen molar-refractivity contribution in [2.24, 2.45) is 4.99 Å². The molecule has 0 radical (unpaired) electrons. The molecule has 0 aromatic carbocycles. The number of aliphatic hydroxyl groups is 1. The first-order chi connectivity index (χ1) is 12.8. The van der Waals surface area contributed by atoms with Gasteiger partial charge in [-0.2, -0.15) is 0 Å². The van der Waals surface area contributed by atoms with Crippen molar-refractivity contribution in [2.75, 3.05) is 52.4 Å². The molecule has 3 heterocycles. The molecular weight excluding hydrogens is 346 g/mol. The summed E-state index contributed by atoms with van der Waals surface area (Å²) in [6.45, 7) is 12.5. The Bertz CT molecular complexity index is 540. The van der Waals surface area contributed by atoms with E-state index in [4.69, 9.17) is 4.74 Å². The van der Waals surface area contributed by atoms with E-state index < -0.39 is 5.60 Å². The third-order valence-electron chi connectivity index (χ3n) is 5.35. The molecule has 0 aromatic rings. The molecule has 1 unspecified atom stereocenters. The molecule has 8 heteroatoms. The number of nitrogens with zero attached hydrogens (tertiary/aromatic N) is 4. The summed E-state index contributed by atoms with van der Waals surface area (Å²) in [7, 11) is 0. The van der Waals surface area contributed by atoms with E-state index in [0.29, 0.717) is 13.1 Å². The van der Waals surface area contributed by atoms with E-state index in [1.807, 2.05) is 20.8 Å². The molecule has 2 saturated heterocycles. The quantitative estimate of drug-likeness (QED) is 0.699. The number of hydrogen-bond donors (Lipinski definition) is 2. The molecule has 0 aliphatic carbocycles. The van der Waals surface area contributed by atoms with E-state index >= 15 is 0 Å². The van der Waals surface area contributed by atoms with Gasteiger partial charge in [0, 0.05) is 39.3 Å². The Balaban J connectivity index is 1.36. The molecule has 0 aromatic heterocycles. The van der Waals surface area contributed by atoms with Crippen LogP contribution in [0.2, 0.25) is 0 Å². The Hall–Kier alpha value is -1.54. The molecule has 2 fully saturated rings. The number of carbonyl (C=O) groups excluding carboxylic acids is 1. The molecule has 3 aliphatic rings. The number of hydrogen-bond acceptors (Lipinski definition) is 7. The number of guanidine groups is 1. The number of nitrogens with one attached hydrogen (secondary N) is 1. The lowest BCUT2D eigenvalue weighted by Gasteiger charge is -2.39. The Kier molecular flexibility index (Phi) is 6.47. The minimum absolute atomic E-state index is 0.108. The number of amides is 1. The minimum Gasteiger partial charge on any atom is -0.444 e. The van der Waals surface area contributed by atoms with Crippen molar-refractivity contribution in [3.8, 4) is 0 Å². The standard InChI is InChI=1S/C19H35N5O3/c1-19(2,3)27-18(26)23-11-12-24-15(14-23)13-21-17(24)20-7-4-8-22-9-5-16(25)6-10-22/h15-16,25H,4-14H2,1-3H3,(H,20,21). The summed E-state index contributed by atoms with van der Waals surface area (Å²) in [6, 6.07) is 0.248. The molecule has 27 heavy (non-hydrogen) atoms. The number of piperazine rings is 1. The van der Waals surface area contributed by atoms with Gasteiger partial charge in [-0.15, -0.1) is 0 Å². The van der Waals surface area contributed by atoms with Gasteiger partial charge in [0.15, 0.2) is 5.96 Å². The molecule has 1 atom stereocenters. The largest absolute Gasteiger partial charge is 0.444 e. The number of ether oxygens (including phenoxy) is 1. The maximum atomic E-state index is 12.3. The fourth-order valence-corrected chi connectivity index (χ4v) is 3.87. The van der Waals surface area contributed by atoms with E-state index in [1.165, 1.54) is 0 Å². The number of aliphatic hydroxyl groups excluding tert-OH is 1. The summed E-state index contributed by atoms with van der Waals surface area (Å²) in [6.07, 6.45) is 2.52. The first-order valence-corrected chi connectivity index (χ1v) is 10.2. The molecule has 2 N–H and O–H groups in total. The fraction of sp³-hybridized carbons (Fsp3) is 0.895. The van der Waals surface area contributed by atoms with Gasteiger partial charge in [0.05, 0.1) is 18.7 Å². The zero-order valence-electron chi connectivity index (χ0n) is 17.0. The van der Waals surface area contributed by atoms with Crippen molar-refractivity contribution in [2.45, 2.75) is 57.8 Å². The van der Waals surface area contributed by atoms with E-state index in [0.717, 1.165) is 64.5 Å². The Morgan fingerprint density at radius 2 is 2.00 bits per heavy atom. The van der Waals surface area contributed by atoms with E-state index in [1.54, 1.807) is 4.90 Å². The average Bonchev–Trinajstić information content (AvgIpc) is 3.01. The number of piperidine rings is 1. The SMILES string of the molecule is CC(C)(C)OC(=O)N1CCN2C(NCCCN3CCC(O)CC3)=NCC2C1. The zero-order valence-corrected chi connectivity index (χ0v) is 17.0. The summed E-state index contributed by atoms with van der Waals surface area (Å²) in [5, 5.41) is 13.0. The molecule has 0 spiro atoms. The van der Waals surface area contributed by atoms with Crippen molar-refractivity contribution in [1.29, 1.82) is 0 Å². The van der Waals surface area contributed by atoms with Crippen LogP contribution < -0.4 is 5.32 Å². The minimum atomic E-state index is -0.459. The Morgan fingerprint density at radius 1 is 1.26 bits per heavy atom. The summed E-state index contributed by atoms with van der Waals surface area (Å²) in [4.78, 5) is 23.4. The third-order valence-corrected chi connectivity index (χ3v) is 5.35. The molecule has 8 nitrogen and oxygen atoms in total. The van der Waals surface area contributed by atoms with Crippen molar-refractivity contribution < 1.29 is 14.6 Å². The highest BCUT2D eigenvalue weighted by molar-refractivity contribution is 5.82. The van der Waals surface area contributed by atoms with Crippen LogP contribution in [0.5, 0.6) is 0 Å². The van der Waals surface area contributed by atoms with Crippen molar-refractivity contribution >= 4 is 12.1 Å². The van der Waals surface area contributed by atoms with Gasteiger partial charge in [-0.3, -0.25) is 4.99 Å². The second kappa shape index (κ2) is 8.65. The van der Waals surface area contributed by atoms with Crippen LogP contribution in [0, 0.1) is 0 Å². The maximum absolute atomic E-state index is 12.3. The zero-order chi connectivity index (χ0) is 19.4. The van der Waals surface area contributed by atoms with Gasteiger partial charge in [0.1, 0.15) is 5.60 Å². The number of carbonyl (C=O) groups is 1. The lowest BCUT2D eigenvalue weighted by atomic mass is 10.1. The van der Waals surface area contributed by atoms with Gasteiger partial charge < -0.3 is 29.9 Å². The van der Waals surface area contributed by atoms with Crippen LogP contribution in [0.1, 0.15) is 40.0 Å². The van der Waals surface area contributed by atoms with Gasteiger partial charge >= 0.3 is 6.09 Å². The normalized spacial score (nSPS) is 24.6. The van der Waals surface area contributed by atoms with Crippen LogP contribution >= 0.6 is 0 Å². The average molecular weight is 382 g/mol. The van der Waals surface area contributed by atoms with E-state index in [9.17, 15) is 9.90 Å². The molecule has 0 saturated carbocycles. The summed E-state index contributed by atoms with van der Waals surface area (Å²) in [5.41, 5.74) is -0.459. The highest BCUT2D eigenvalue weighted by atomic mass is 16.6. The first kappa shape index (κ1) is 20.2. The highest BCUT2D eigenvalue weighted by Crippen LogP contribution is 2.18. The smallest absolute Gasteiger partial charge is 0.410 e. The van der Waals surface area contributed by atoms with Crippen LogP contribution in [0.25, 0.3) is 0 Å². The molecule has 3 aliphatic heterocycles. The molecule has 0 bridgehead atoms. The maximum Gasteiger partial charge on any atom is 0.410 e. The summed E-state index contributed by atoms with van der Waals surface area (Å²) in [5.74, 6) is 0.970. The molecular formula is C19H35N5O3. The van der Waals surface area contributed by atoms with Crippen LogP contribution in [0.4, 0.5) is 4.79 Å². The van der Waals surface area contributed by atoms with E-state index in [-0.39, 0.29) is 18.2 Å². The van der Waals surface area contributed by atoms with Crippen LogP contribution in [0.3, 0.4) is 0 Å². The van der Waals surface area contributed by atoms with Crippen molar-refractivity contribution in [3.05, 3.63) is 0 Å². The summed E-state index contributed by atoms with van der Waals surface area (Å²) >= 11 is 0. The van der Waals surface area contributed by atoms with E-state index in [2.05, 4.69) is 20.1 Å². The number of aliphatic imine (C=N–C) groups is 1. The third kappa shape index (κ3) is 5.72. The monoisotopic (exact) mass is 381 g/mol. The van der Waals surface area contributed by atoms with Gasteiger partial charge in [-0.05, 0) is 46.6 Å². The van der Waals surface area contributed by atoms with Crippen LogP contribution in [-0.2, 0) is 4.74 Å². The molecule has 1 amide bonds. The van der Waals surface area contributed by atoms with Crippen molar-refractivity contribution in [1.82, 2.24) is 20.0 Å². The van der Waals surface area contributed by atoms with Crippen LogP contribution in [0.15, 0.2) is 4.99 Å². The summed E-state index contributed by atoms with van der Waals surface area (Å²) < 4.78 is 5.49. The predicted molar refractivity (Wildman–Crippen MR) is 105 cm³/mol. The fourth-order valence-electron chi connectivity index (χ4n) is 3.87. The van der Waals surface area contributed by atoms with Gasteiger partial charge in [0.2, 0.25) is 0 Å². The Morgan fingerprint density at radius 3 is 2.70 bits per heavy atom. The second-order valence-corrected chi connectivity index (χ2v) is 8.79. The molecule has 154 valence electrons.